The Morgan fingerprint density at radius 1 is 0.400 bits per heavy atom. The number of anilines is 3. The molecular weight excluding hydrogens is 482 g/mol. The van der Waals surface area contributed by atoms with Gasteiger partial charge in [-0.25, -0.2) is 0 Å². The smallest absolute Gasteiger partial charge is 0.0546 e. The van der Waals surface area contributed by atoms with Gasteiger partial charge in [0.1, 0.15) is 0 Å². The van der Waals surface area contributed by atoms with Gasteiger partial charge >= 0.3 is 0 Å². The van der Waals surface area contributed by atoms with Crippen molar-refractivity contribution < 1.29 is 0 Å². The molecule has 0 aliphatic heterocycles. The average Bonchev–Trinajstić information content (AvgIpc) is 3.02. The summed E-state index contributed by atoms with van der Waals surface area (Å²) in [5.74, 6) is 0. The van der Waals surface area contributed by atoms with Crippen molar-refractivity contribution in [2.24, 2.45) is 0 Å². The van der Waals surface area contributed by atoms with E-state index in [1.807, 2.05) is 0 Å². The van der Waals surface area contributed by atoms with Crippen LogP contribution in [-0.2, 0) is 0 Å². The molecule has 0 fully saturated rings. The predicted octanol–water partition coefficient (Wildman–Crippen LogP) is 11.1. The van der Waals surface area contributed by atoms with E-state index in [2.05, 4.69) is 170 Å². The molecule has 7 aromatic carbocycles. The van der Waals surface area contributed by atoms with Gasteiger partial charge in [-0.3, -0.25) is 0 Å². The molecule has 0 unspecified atom stereocenters. The minimum atomic E-state index is 1.13. The molecule has 0 aromatic heterocycles. The molecule has 0 heterocycles. The molecule has 1 nitrogen and oxygen atoms in total. The van der Waals surface area contributed by atoms with Crippen molar-refractivity contribution in [3.8, 4) is 22.3 Å². The van der Waals surface area contributed by atoms with E-state index in [4.69, 9.17) is 0 Å². The lowest BCUT2D eigenvalue weighted by atomic mass is 9.93. The van der Waals surface area contributed by atoms with E-state index in [0.717, 1.165) is 17.1 Å². The van der Waals surface area contributed by atoms with Gasteiger partial charge in [0.05, 0.1) is 5.69 Å². The summed E-state index contributed by atoms with van der Waals surface area (Å²) >= 11 is 0. The first-order valence-corrected chi connectivity index (χ1v) is 13.8. The van der Waals surface area contributed by atoms with Gasteiger partial charge < -0.3 is 4.90 Å². The topological polar surface area (TPSA) is 3.24 Å². The van der Waals surface area contributed by atoms with Gasteiger partial charge in [-0.2, -0.15) is 0 Å². The zero-order valence-electron chi connectivity index (χ0n) is 22.5. The van der Waals surface area contributed by atoms with Crippen LogP contribution in [0.25, 0.3) is 43.8 Å². The van der Waals surface area contributed by atoms with Gasteiger partial charge in [0.25, 0.3) is 0 Å². The molecule has 0 amide bonds. The van der Waals surface area contributed by atoms with Crippen LogP contribution < -0.4 is 4.90 Å². The van der Waals surface area contributed by atoms with Crippen LogP contribution in [0.15, 0.2) is 158 Å². The SMILES string of the molecule is Cc1cccc(N(c2ccc(-c3ccccc3)cc2)c2ccc3ccccc3c2-c2ccc3ccccc3c2)c1. The molecule has 40 heavy (non-hydrogen) atoms. The first kappa shape index (κ1) is 23.9. The number of hydrogen-bond donors (Lipinski definition) is 0. The van der Waals surface area contributed by atoms with Crippen molar-refractivity contribution >= 4 is 38.6 Å². The van der Waals surface area contributed by atoms with Crippen LogP contribution >= 0.6 is 0 Å². The van der Waals surface area contributed by atoms with Gasteiger partial charge in [0, 0.05) is 16.9 Å². The quantitative estimate of drug-likeness (QED) is 0.222. The molecule has 0 saturated carbocycles. The maximum atomic E-state index is 2.40. The highest BCUT2D eigenvalue weighted by atomic mass is 15.1. The summed E-state index contributed by atoms with van der Waals surface area (Å²) < 4.78 is 0. The number of benzene rings is 7. The van der Waals surface area contributed by atoms with Crippen molar-refractivity contribution in [2.45, 2.75) is 6.92 Å². The van der Waals surface area contributed by atoms with E-state index in [0.29, 0.717) is 0 Å². The van der Waals surface area contributed by atoms with Crippen LogP contribution in [-0.4, -0.2) is 0 Å². The second-order valence-corrected chi connectivity index (χ2v) is 10.3. The van der Waals surface area contributed by atoms with Crippen LogP contribution in [0.1, 0.15) is 5.56 Å². The lowest BCUT2D eigenvalue weighted by molar-refractivity contribution is 1.28. The Bertz CT molecular complexity index is 1950. The summed E-state index contributed by atoms with van der Waals surface area (Å²) in [6.45, 7) is 2.16. The Balaban J connectivity index is 1.48. The molecular formula is C39H29N. The third kappa shape index (κ3) is 4.42. The summed E-state index contributed by atoms with van der Waals surface area (Å²) in [6.07, 6.45) is 0. The van der Waals surface area contributed by atoms with Crippen molar-refractivity contribution in [3.63, 3.8) is 0 Å². The predicted molar refractivity (Wildman–Crippen MR) is 172 cm³/mol. The van der Waals surface area contributed by atoms with E-state index in [9.17, 15) is 0 Å². The van der Waals surface area contributed by atoms with E-state index in [-0.39, 0.29) is 0 Å². The van der Waals surface area contributed by atoms with Gasteiger partial charge in [0.2, 0.25) is 0 Å². The Morgan fingerprint density at radius 2 is 1.05 bits per heavy atom. The van der Waals surface area contributed by atoms with E-state index < -0.39 is 0 Å². The largest absolute Gasteiger partial charge is 0.310 e. The molecule has 7 rings (SSSR count). The molecule has 0 atom stereocenters. The first-order chi connectivity index (χ1) is 19.7. The van der Waals surface area contributed by atoms with Crippen LogP contribution in [0.4, 0.5) is 17.1 Å². The molecule has 0 N–H and O–H groups in total. The van der Waals surface area contributed by atoms with E-state index >= 15 is 0 Å². The Kier molecular flexibility index (Phi) is 6.11. The van der Waals surface area contributed by atoms with Crippen LogP contribution in [0.3, 0.4) is 0 Å². The van der Waals surface area contributed by atoms with Crippen LogP contribution in [0.2, 0.25) is 0 Å². The highest BCUT2D eigenvalue weighted by molar-refractivity contribution is 6.06. The molecule has 190 valence electrons. The summed E-state index contributed by atoms with van der Waals surface area (Å²) in [7, 11) is 0. The molecule has 0 radical (unpaired) electrons. The van der Waals surface area contributed by atoms with Crippen molar-refractivity contribution in [1.82, 2.24) is 0 Å². The molecule has 0 saturated heterocycles. The van der Waals surface area contributed by atoms with E-state index in [1.54, 1.807) is 0 Å². The Labute approximate surface area is 235 Å². The highest BCUT2D eigenvalue weighted by Gasteiger charge is 2.20. The zero-order chi connectivity index (χ0) is 26.9. The standard InChI is InChI=1S/C39H29N/c1-28-10-9-16-36(26-28)40(35-23-20-31(21-24-35)29-11-3-2-4-12-29)38-25-22-32-14-7-8-17-37(32)39(38)34-19-18-30-13-5-6-15-33(30)27-34/h2-27H,1H3. The van der Waals surface area contributed by atoms with Crippen LogP contribution in [0.5, 0.6) is 0 Å². The molecule has 0 spiro atoms. The van der Waals surface area contributed by atoms with Gasteiger partial charge in [0.15, 0.2) is 0 Å². The number of aryl methyl sites for hydroxylation is 1. The Morgan fingerprint density at radius 3 is 1.85 bits per heavy atom. The average molecular weight is 512 g/mol. The van der Waals surface area contributed by atoms with Crippen molar-refractivity contribution in [2.75, 3.05) is 4.90 Å². The lowest BCUT2D eigenvalue weighted by Gasteiger charge is -2.29. The fourth-order valence-electron chi connectivity index (χ4n) is 5.72. The fraction of sp³-hybridized carbons (Fsp3) is 0.0256. The second kappa shape index (κ2) is 10.2. The fourth-order valence-corrected chi connectivity index (χ4v) is 5.72. The summed E-state index contributed by atoms with van der Waals surface area (Å²) in [6, 6.07) is 56.9. The molecule has 0 aliphatic rings. The molecule has 0 bridgehead atoms. The minimum Gasteiger partial charge on any atom is -0.310 e. The third-order valence-corrected chi connectivity index (χ3v) is 7.68. The highest BCUT2D eigenvalue weighted by Crippen LogP contribution is 2.45. The minimum absolute atomic E-state index is 1.13. The molecule has 7 aromatic rings. The maximum Gasteiger partial charge on any atom is 0.0546 e. The number of rotatable bonds is 5. The molecule has 1 heteroatoms. The third-order valence-electron chi connectivity index (χ3n) is 7.68. The summed E-state index contributed by atoms with van der Waals surface area (Å²) in [5.41, 5.74) is 9.54. The van der Waals surface area contributed by atoms with Gasteiger partial charge in [-0.15, -0.1) is 0 Å². The Hall–Kier alpha value is -5.14. The summed E-state index contributed by atoms with van der Waals surface area (Å²) in [4.78, 5) is 2.40. The second-order valence-electron chi connectivity index (χ2n) is 10.3. The lowest BCUT2D eigenvalue weighted by Crippen LogP contribution is -2.11. The van der Waals surface area contributed by atoms with Crippen molar-refractivity contribution in [1.29, 1.82) is 0 Å². The number of fused-ring (bicyclic) bond motifs is 2. The number of hydrogen-bond acceptors (Lipinski definition) is 1. The van der Waals surface area contributed by atoms with Gasteiger partial charge in [-0.1, -0.05) is 121 Å². The van der Waals surface area contributed by atoms with E-state index in [1.165, 1.54) is 49.4 Å². The first-order valence-electron chi connectivity index (χ1n) is 13.8. The molecule has 0 aliphatic carbocycles. The normalized spacial score (nSPS) is 11.1. The number of nitrogens with zero attached hydrogens (tertiary/aromatic N) is 1. The monoisotopic (exact) mass is 511 g/mol. The zero-order valence-corrected chi connectivity index (χ0v) is 22.5. The summed E-state index contributed by atoms with van der Waals surface area (Å²) in [5, 5.41) is 4.97. The maximum absolute atomic E-state index is 2.40. The van der Waals surface area contributed by atoms with Gasteiger partial charge in [-0.05, 0) is 87.1 Å². The van der Waals surface area contributed by atoms with Crippen molar-refractivity contribution in [3.05, 3.63) is 163 Å². The van der Waals surface area contributed by atoms with Crippen LogP contribution in [0, 0.1) is 6.92 Å².